The summed E-state index contributed by atoms with van der Waals surface area (Å²) in [4.78, 5) is 9.79. The van der Waals surface area contributed by atoms with Crippen molar-refractivity contribution in [2.45, 2.75) is 4.90 Å². The summed E-state index contributed by atoms with van der Waals surface area (Å²) >= 11 is 3.21. The van der Waals surface area contributed by atoms with E-state index in [1.807, 2.05) is 0 Å². The van der Waals surface area contributed by atoms with Gasteiger partial charge in [-0.15, -0.1) is 0 Å². The van der Waals surface area contributed by atoms with Gasteiger partial charge in [0, 0.05) is 10.5 Å². The zero-order chi connectivity index (χ0) is 14.8. The Morgan fingerprint density at radius 2 is 1.65 bits per heavy atom. The van der Waals surface area contributed by atoms with Crippen LogP contribution in [0.5, 0.6) is 0 Å². The highest BCUT2D eigenvalue weighted by Gasteiger charge is 2.25. The predicted molar refractivity (Wildman–Crippen MR) is 78.0 cm³/mol. The molecule has 0 spiro atoms. The van der Waals surface area contributed by atoms with Gasteiger partial charge >= 0.3 is 0 Å². The fourth-order valence-electron chi connectivity index (χ4n) is 1.58. The van der Waals surface area contributed by atoms with Gasteiger partial charge in [0.25, 0.3) is 15.7 Å². The molecule has 0 aliphatic heterocycles. The van der Waals surface area contributed by atoms with Crippen LogP contribution in [0.25, 0.3) is 0 Å². The highest BCUT2D eigenvalue weighted by atomic mass is 79.9. The largest absolute Gasteiger partial charge is 0.289 e. The SMILES string of the molecule is O=[N+]([O-])c1ccccc1S(=O)(=O)Nc1ccccc1Br. The minimum atomic E-state index is -4.03. The lowest BCUT2D eigenvalue weighted by Crippen LogP contribution is -2.14. The Labute approximate surface area is 123 Å². The monoisotopic (exact) mass is 356 g/mol. The van der Waals surface area contributed by atoms with Crippen molar-refractivity contribution in [2.24, 2.45) is 0 Å². The molecular formula is C12H9BrN2O4S. The number of nitro groups is 1. The van der Waals surface area contributed by atoms with Crippen LogP contribution < -0.4 is 4.72 Å². The molecule has 104 valence electrons. The maximum absolute atomic E-state index is 12.2. The molecule has 0 aliphatic rings. The number of nitrogens with one attached hydrogen (secondary N) is 1. The molecule has 2 aromatic rings. The van der Waals surface area contributed by atoms with Crippen LogP contribution in [-0.4, -0.2) is 13.3 Å². The van der Waals surface area contributed by atoms with E-state index in [0.29, 0.717) is 10.2 Å². The quantitative estimate of drug-likeness (QED) is 0.672. The van der Waals surface area contributed by atoms with Crippen molar-refractivity contribution in [3.8, 4) is 0 Å². The Kier molecular flexibility index (Phi) is 4.05. The summed E-state index contributed by atoms with van der Waals surface area (Å²) in [6.07, 6.45) is 0. The fourth-order valence-corrected chi connectivity index (χ4v) is 3.35. The number of nitrogens with zero attached hydrogens (tertiary/aromatic N) is 1. The first kappa shape index (κ1) is 14.5. The Morgan fingerprint density at radius 1 is 1.05 bits per heavy atom. The summed E-state index contributed by atoms with van der Waals surface area (Å²) in [5, 5.41) is 10.9. The molecule has 2 rings (SSSR count). The Bertz CT molecular complexity index is 762. The lowest BCUT2D eigenvalue weighted by Gasteiger charge is -2.09. The van der Waals surface area contributed by atoms with Gasteiger partial charge in [-0.2, -0.15) is 0 Å². The van der Waals surface area contributed by atoms with Crippen molar-refractivity contribution in [1.82, 2.24) is 0 Å². The topological polar surface area (TPSA) is 89.3 Å². The first-order chi connectivity index (χ1) is 9.42. The predicted octanol–water partition coefficient (Wildman–Crippen LogP) is 3.16. The van der Waals surface area contributed by atoms with Gasteiger partial charge in [-0.3, -0.25) is 14.8 Å². The number of sulfonamides is 1. The zero-order valence-corrected chi connectivity index (χ0v) is 12.4. The maximum atomic E-state index is 12.2. The molecule has 0 aromatic heterocycles. The van der Waals surface area contributed by atoms with Crippen LogP contribution in [0, 0.1) is 10.1 Å². The molecule has 0 saturated heterocycles. The van der Waals surface area contributed by atoms with Crippen molar-refractivity contribution in [3.05, 3.63) is 63.1 Å². The van der Waals surface area contributed by atoms with E-state index >= 15 is 0 Å². The van der Waals surface area contributed by atoms with Crippen LogP contribution in [0.3, 0.4) is 0 Å². The van der Waals surface area contributed by atoms with Crippen LogP contribution >= 0.6 is 15.9 Å². The van der Waals surface area contributed by atoms with Crippen molar-refractivity contribution in [3.63, 3.8) is 0 Å². The van der Waals surface area contributed by atoms with Gasteiger partial charge in [0.1, 0.15) is 0 Å². The summed E-state index contributed by atoms with van der Waals surface area (Å²) < 4.78 is 27.3. The third-order valence-corrected chi connectivity index (χ3v) is 4.57. The molecular weight excluding hydrogens is 348 g/mol. The Balaban J connectivity index is 2.47. The Hall–Kier alpha value is -1.93. The van der Waals surface area contributed by atoms with Crippen molar-refractivity contribution >= 4 is 37.3 Å². The molecule has 20 heavy (non-hydrogen) atoms. The van der Waals surface area contributed by atoms with Gasteiger partial charge in [0.2, 0.25) is 0 Å². The van der Waals surface area contributed by atoms with Crippen LogP contribution in [0.1, 0.15) is 0 Å². The van der Waals surface area contributed by atoms with E-state index < -0.39 is 20.6 Å². The van der Waals surface area contributed by atoms with E-state index in [1.54, 1.807) is 24.3 Å². The van der Waals surface area contributed by atoms with Gasteiger partial charge in [0.15, 0.2) is 4.90 Å². The molecule has 0 radical (unpaired) electrons. The second kappa shape index (κ2) is 5.59. The second-order valence-corrected chi connectivity index (χ2v) is 6.32. The van der Waals surface area contributed by atoms with Crippen molar-refractivity contribution < 1.29 is 13.3 Å². The molecule has 0 heterocycles. The standard InChI is InChI=1S/C12H9BrN2O4S/c13-9-5-1-2-6-10(9)14-20(18,19)12-8-4-3-7-11(12)15(16)17/h1-8,14H. The van der Waals surface area contributed by atoms with Crippen molar-refractivity contribution in [2.75, 3.05) is 4.72 Å². The summed E-state index contributed by atoms with van der Waals surface area (Å²) in [6, 6.07) is 11.8. The van der Waals surface area contributed by atoms with E-state index in [-0.39, 0.29) is 4.90 Å². The van der Waals surface area contributed by atoms with Gasteiger partial charge in [-0.25, -0.2) is 8.42 Å². The molecule has 6 nitrogen and oxygen atoms in total. The third kappa shape index (κ3) is 2.97. The molecule has 0 aliphatic carbocycles. The number of halogens is 1. The molecule has 0 bridgehead atoms. The lowest BCUT2D eigenvalue weighted by atomic mass is 10.3. The van der Waals surface area contributed by atoms with Gasteiger partial charge in [0.05, 0.1) is 10.6 Å². The number of hydrogen-bond donors (Lipinski definition) is 1. The van der Waals surface area contributed by atoms with E-state index in [1.165, 1.54) is 18.2 Å². The van der Waals surface area contributed by atoms with Crippen LogP contribution in [-0.2, 0) is 10.0 Å². The van der Waals surface area contributed by atoms with Gasteiger partial charge in [-0.1, -0.05) is 24.3 Å². The number of anilines is 1. The molecule has 0 saturated carbocycles. The number of nitro benzene ring substituents is 1. The number of hydrogen-bond acceptors (Lipinski definition) is 4. The molecule has 2 aromatic carbocycles. The summed E-state index contributed by atoms with van der Waals surface area (Å²) in [5.41, 5.74) is -0.155. The fraction of sp³-hybridized carbons (Fsp3) is 0. The van der Waals surface area contributed by atoms with E-state index in [2.05, 4.69) is 20.7 Å². The van der Waals surface area contributed by atoms with E-state index in [9.17, 15) is 18.5 Å². The lowest BCUT2D eigenvalue weighted by molar-refractivity contribution is -0.387. The first-order valence-corrected chi connectivity index (χ1v) is 7.70. The first-order valence-electron chi connectivity index (χ1n) is 5.42. The molecule has 0 atom stereocenters. The minimum absolute atomic E-state index is 0.311. The van der Waals surface area contributed by atoms with Crippen LogP contribution in [0.4, 0.5) is 11.4 Å². The maximum Gasteiger partial charge on any atom is 0.289 e. The van der Waals surface area contributed by atoms with Gasteiger partial charge in [-0.05, 0) is 34.1 Å². The Morgan fingerprint density at radius 3 is 2.30 bits per heavy atom. The summed E-state index contributed by atoms with van der Waals surface area (Å²) in [5.74, 6) is 0. The molecule has 1 N–H and O–H groups in total. The number of benzene rings is 2. The second-order valence-electron chi connectivity index (χ2n) is 3.81. The molecule has 0 fully saturated rings. The molecule has 0 amide bonds. The molecule has 8 heteroatoms. The third-order valence-electron chi connectivity index (χ3n) is 2.47. The van der Waals surface area contributed by atoms with Crippen LogP contribution in [0.2, 0.25) is 0 Å². The highest BCUT2D eigenvalue weighted by Crippen LogP contribution is 2.28. The van der Waals surface area contributed by atoms with E-state index in [4.69, 9.17) is 0 Å². The van der Waals surface area contributed by atoms with Gasteiger partial charge < -0.3 is 0 Å². The number of para-hydroxylation sites is 2. The van der Waals surface area contributed by atoms with Crippen molar-refractivity contribution in [1.29, 1.82) is 0 Å². The minimum Gasteiger partial charge on any atom is -0.278 e. The smallest absolute Gasteiger partial charge is 0.278 e. The normalized spacial score (nSPS) is 11.1. The summed E-state index contributed by atoms with van der Waals surface area (Å²) in [6.45, 7) is 0. The average Bonchev–Trinajstić information content (AvgIpc) is 2.41. The highest BCUT2D eigenvalue weighted by molar-refractivity contribution is 9.10. The number of rotatable bonds is 4. The molecule has 0 unspecified atom stereocenters. The zero-order valence-electron chi connectivity index (χ0n) is 9.99. The average molecular weight is 357 g/mol. The summed E-state index contributed by atoms with van der Waals surface area (Å²) in [7, 11) is -4.03. The van der Waals surface area contributed by atoms with E-state index in [0.717, 1.165) is 6.07 Å². The van der Waals surface area contributed by atoms with Crippen LogP contribution in [0.15, 0.2) is 57.9 Å².